The molecule has 0 saturated carbocycles. The highest BCUT2D eigenvalue weighted by Crippen LogP contribution is 2.39. The summed E-state index contributed by atoms with van der Waals surface area (Å²) in [4.78, 5) is 14.6. The number of Topliss-reactive ketones (excluding diaryl/α,β-unsaturated/α-hetero) is 1. The summed E-state index contributed by atoms with van der Waals surface area (Å²) < 4.78 is 13.0. The second-order valence-electron chi connectivity index (χ2n) is 7.39. The number of ketones is 1. The number of carbonyl (C=O) groups excluding carboxylic acids is 1. The van der Waals surface area contributed by atoms with Crippen LogP contribution >= 0.6 is 11.6 Å². The van der Waals surface area contributed by atoms with Gasteiger partial charge in [-0.2, -0.15) is 10.2 Å². The minimum atomic E-state index is -0.363. The predicted octanol–water partition coefficient (Wildman–Crippen LogP) is 5.44. The number of anilines is 1. The molecule has 1 fully saturated rings. The van der Waals surface area contributed by atoms with E-state index in [1.165, 1.54) is 12.1 Å². The Morgan fingerprint density at radius 3 is 2.68 bits per heavy atom. The number of likely N-dealkylation sites (tertiary alicyclic amines) is 1. The molecular weight excluding hydrogens is 379 g/mol. The molecule has 5 nitrogen and oxygen atoms in total. The van der Waals surface area contributed by atoms with E-state index in [9.17, 15) is 9.18 Å². The topological polar surface area (TPSA) is 57.1 Å². The summed E-state index contributed by atoms with van der Waals surface area (Å²) in [6, 6.07) is 11.3. The highest BCUT2D eigenvalue weighted by atomic mass is 35.5. The van der Waals surface area contributed by atoms with Crippen LogP contribution in [0.4, 0.5) is 15.8 Å². The van der Waals surface area contributed by atoms with Crippen molar-refractivity contribution in [1.82, 2.24) is 4.90 Å². The maximum Gasteiger partial charge on any atom is 0.162 e. The van der Waals surface area contributed by atoms with Crippen LogP contribution in [0, 0.1) is 5.82 Å². The molecule has 0 bridgehead atoms. The summed E-state index contributed by atoms with van der Waals surface area (Å²) in [6.07, 6.45) is 2.97. The van der Waals surface area contributed by atoms with E-state index in [2.05, 4.69) is 20.4 Å². The zero-order valence-electron chi connectivity index (χ0n) is 15.5. The fourth-order valence-corrected chi connectivity index (χ4v) is 3.91. The van der Waals surface area contributed by atoms with Crippen molar-refractivity contribution in [1.29, 1.82) is 0 Å². The molecule has 1 spiro atoms. The largest absolute Gasteiger partial charge is 0.358 e. The van der Waals surface area contributed by atoms with Crippen LogP contribution in [0.25, 0.3) is 0 Å². The van der Waals surface area contributed by atoms with Gasteiger partial charge >= 0.3 is 0 Å². The van der Waals surface area contributed by atoms with Crippen LogP contribution in [-0.4, -0.2) is 36.0 Å². The lowest BCUT2D eigenvalue weighted by Gasteiger charge is -2.41. The van der Waals surface area contributed by atoms with E-state index in [-0.39, 0.29) is 17.3 Å². The van der Waals surface area contributed by atoms with Crippen molar-refractivity contribution in [3.05, 3.63) is 58.9 Å². The van der Waals surface area contributed by atoms with Crippen molar-refractivity contribution < 1.29 is 9.18 Å². The van der Waals surface area contributed by atoms with Gasteiger partial charge in [-0.15, -0.1) is 0 Å². The quantitative estimate of drug-likeness (QED) is 0.679. The number of rotatable bonds is 5. The SMILES string of the molecule is O=C(CCCN1CCC2(CC1)N=Nc1ccc(Cl)cc1N2)c1ccc(F)cc1. The number of halogens is 2. The third-order valence-corrected chi connectivity index (χ3v) is 5.64. The molecule has 4 rings (SSSR count). The summed E-state index contributed by atoms with van der Waals surface area (Å²) in [5.41, 5.74) is 1.96. The standard InChI is InChI=1S/C21H22ClFN4O/c22-16-5-8-18-19(14-16)24-21(26-25-18)9-12-27(13-10-21)11-1-2-20(28)15-3-6-17(23)7-4-15/h3-8,14,24H,1-2,9-13H2. The molecule has 2 aliphatic rings. The van der Waals surface area contributed by atoms with E-state index < -0.39 is 0 Å². The summed E-state index contributed by atoms with van der Waals surface area (Å²) in [7, 11) is 0. The predicted molar refractivity (Wildman–Crippen MR) is 108 cm³/mol. The van der Waals surface area contributed by atoms with E-state index >= 15 is 0 Å². The van der Waals surface area contributed by atoms with Gasteiger partial charge in [-0.3, -0.25) is 4.79 Å². The zero-order chi connectivity index (χ0) is 19.6. The number of nitrogens with zero attached hydrogens (tertiary/aromatic N) is 3. The molecule has 0 aromatic heterocycles. The van der Waals surface area contributed by atoms with Crippen LogP contribution in [0.2, 0.25) is 5.02 Å². The Bertz CT molecular complexity index is 892. The Hall–Kier alpha value is -2.31. The summed E-state index contributed by atoms with van der Waals surface area (Å²) in [5, 5.41) is 13.1. The lowest BCUT2D eigenvalue weighted by atomic mass is 9.96. The number of benzene rings is 2. The molecule has 2 heterocycles. The first-order valence-electron chi connectivity index (χ1n) is 9.55. The Balaban J connectivity index is 1.26. The number of hydrogen-bond acceptors (Lipinski definition) is 5. The fraction of sp³-hybridized carbons (Fsp3) is 0.381. The second kappa shape index (κ2) is 7.97. The van der Waals surface area contributed by atoms with Crippen LogP contribution in [0.15, 0.2) is 52.7 Å². The van der Waals surface area contributed by atoms with Crippen molar-refractivity contribution in [2.75, 3.05) is 25.0 Å². The smallest absolute Gasteiger partial charge is 0.162 e. The molecular formula is C21H22ClFN4O. The van der Waals surface area contributed by atoms with Crippen molar-refractivity contribution in [3.8, 4) is 0 Å². The molecule has 2 aromatic carbocycles. The normalized spacial score (nSPS) is 17.9. The molecule has 1 N–H and O–H groups in total. The maximum atomic E-state index is 13.0. The first-order valence-corrected chi connectivity index (χ1v) is 9.93. The van der Waals surface area contributed by atoms with Gasteiger partial charge in [0.1, 0.15) is 11.5 Å². The average Bonchev–Trinajstić information content (AvgIpc) is 2.70. The molecule has 2 aromatic rings. The molecule has 0 amide bonds. The zero-order valence-corrected chi connectivity index (χ0v) is 16.3. The summed E-state index contributed by atoms with van der Waals surface area (Å²) in [6.45, 7) is 2.65. The van der Waals surface area contributed by atoms with Crippen LogP contribution in [0.5, 0.6) is 0 Å². The fourth-order valence-electron chi connectivity index (χ4n) is 3.74. The average molecular weight is 401 g/mol. The third kappa shape index (κ3) is 4.23. The molecule has 0 radical (unpaired) electrons. The minimum Gasteiger partial charge on any atom is -0.358 e. The van der Waals surface area contributed by atoms with Gasteiger partial charge in [0, 0.05) is 42.9 Å². The summed E-state index contributed by atoms with van der Waals surface area (Å²) in [5.74, 6) is -0.262. The van der Waals surface area contributed by atoms with Gasteiger partial charge in [0.2, 0.25) is 0 Å². The summed E-state index contributed by atoms with van der Waals surface area (Å²) >= 11 is 6.10. The number of nitrogens with one attached hydrogen (secondary N) is 1. The maximum absolute atomic E-state index is 13.0. The van der Waals surface area contributed by atoms with Gasteiger partial charge in [0.15, 0.2) is 11.4 Å². The first kappa shape index (κ1) is 19.0. The Morgan fingerprint density at radius 2 is 1.93 bits per heavy atom. The molecule has 0 atom stereocenters. The highest BCUT2D eigenvalue weighted by molar-refractivity contribution is 6.31. The molecule has 7 heteroatoms. The van der Waals surface area contributed by atoms with Crippen LogP contribution < -0.4 is 5.32 Å². The van der Waals surface area contributed by atoms with Gasteiger partial charge in [-0.1, -0.05) is 11.6 Å². The number of fused-ring (bicyclic) bond motifs is 1. The molecule has 146 valence electrons. The lowest BCUT2D eigenvalue weighted by molar-refractivity contribution is 0.0969. The Morgan fingerprint density at radius 1 is 1.18 bits per heavy atom. The van der Waals surface area contributed by atoms with Crippen LogP contribution in [-0.2, 0) is 0 Å². The molecule has 2 aliphatic heterocycles. The van der Waals surface area contributed by atoms with Gasteiger partial charge < -0.3 is 10.2 Å². The molecule has 28 heavy (non-hydrogen) atoms. The molecule has 1 saturated heterocycles. The second-order valence-corrected chi connectivity index (χ2v) is 7.83. The number of piperidine rings is 1. The van der Waals surface area contributed by atoms with Crippen molar-refractivity contribution in [3.63, 3.8) is 0 Å². The Kier molecular flexibility index (Phi) is 5.42. The van der Waals surface area contributed by atoms with Gasteiger partial charge in [-0.25, -0.2) is 4.39 Å². The monoisotopic (exact) mass is 400 g/mol. The first-order chi connectivity index (χ1) is 13.5. The minimum absolute atomic E-state index is 0.0599. The highest BCUT2D eigenvalue weighted by Gasteiger charge is 2.37. The van der Waals surface area contributed by atoms with Crippen molar-refractivity contribution in [2.45, 2.75) is 31.3 Å². The number of carbonyl (C=O) groups is 1. The molecule has 0 aliphatic carbocycles. The Labute approximate surface area is 168 Å². The van der Waals surface area contributed by atoms with E-state index in [0.717, 1.165) is 50.3 Å². The number of hydrogen-bond donors (Lipinski definition) is 1. The molecule has 0 unspecified atom stereocenters. The van der Waals surface area contributed by atoms with Crippen LogP contribution in [0.1, 0.15) is 36.0 Å². The lowest BCUT2D eigenvalue weighted by Crippen LogP contribution is -2.48. The van der Waals surface area contributed by atoms with E-state index in [1.54, 1.807) is 12.1 Å². The van der Waals surface area contributed by atoms with Crippen molar-refractivity contribution >= 4 is 28.8 Å². The van der Waals surface area contributed by atoms with Crippen molar-refractivity contribution in [2.24, 2.45) is 10.2 Å². The van der Waals surface area contributed by atoms with Gasteiger partial charge in [0.25, 0.3) is 0 Å². The van der Waals surface area contributed by atoms with Crippen LogP contribution in [0.3, 0.4) is 0 Å². The number of azo groups is 1. The van der Waals surface area contributed by atoms with E-state index in [0.29, 0.717) is 17.0 Å². The third-order valence-electron chi connectivity index (χ3n) is 5.40. The van der Waals surface area contributed by atoms with Gasteiger partial charge in [0.05, 0.1) is 5.69 Å². The van der Waals surface area contributed by atoms with Gasteiger partial charge in [-0.05, 0) is 55.4 Å². The van der Waals surface area contributed by atoms with E-state index in [4.69, 9.17) is 11.6 Å². The van der Waals surface area contributed by atoms with E-state index in [1.807, 2.05) is 18.2 Å².